The fourth-order valence-corrected chi connectivity index (χ4v) is 4.79. The van der Waals surface area contributed by atoms with Crippen molar-refractivity contribution in [2.24, 2.45) is 11.7 Å². The zero-order valence-electron chi connectivity index (χ0n) is 21.8. The first-order chi connectivity index (χ1) is 16.9. The molecule has 1 aliphatic rings. The van der Waals surface area contributed by atoms with Gasteiger partial charge in [-0.2, -0.15) is 0 Å². The van der Waals surface area contributed by atoms with E-state index in [0.29, 0.717) is 18.0 Å². The number of aryl methyl sites for hydroxylation is 1. The lowest BCUT2D eigenvalue weighted by Crippen LogP contribution is -2.47. The standard InChI is InChI=1S/C30H43N3O2/c1-4-5-6-7-24-8-14-27(15-9-24)30(35)33(22-25-10-12-26(13-11-25)29(31)34)28-17-20-32(21-18-28)19-16-23(2)3/h8-15,23,28H,4-7,16-22H2,1-3H3,(H2,31,34). The number of nitrogens with zero attached hydrogens (tertiary/aromatic N) is 2. The van der Waals surface area contributed by atoms with Crippen molar-refractivity contribution >= 4 is 11.8 Å². The molecule has 35 heavy (non-hydrogen) atoms. The highest BCUT2D eigenvalue weighted by molar-refractivity contribution is 5.94. The highest BCUT2D eigenvalue weighted by atomic mass is 16.2. The van der Waals surface area contributed by atoms with Crippen molar-refractivity contribution < 1.29 is 9.59 Å². The van der Waals surface area contributed by atoms with Crippen LogP contribution in [0.5, 0.6) is 0 Å². The van der Waals surface area contributed by atoms with Gasteiger partial charge in [0.1, 0.15) is 0 Å². The van der Waals surface area contributed by atoms with E-state index in [0.717, 1.165) is 50.0 Å². The zero-order valence-corrected chi connectivity index (χ0v) is 21.8. The van der Waals surface area contributed by atoms with Crippen LogP contribution in [0, 0.1) is 5.92 Å². The number of piperidine rings is 1. The van der Waals surface area contributed by atoms with Crippen molar-refractivity contribution in [1.82, 2.24) is 9.80 Å². The molecule has 0 saturated carbocycles. The number of benzene rings is 2. The molecule has 5 nitrogen and oxygen atoms in total. The maximum absolute atomic E-state index is 13.7. The van der Waals surface area contributed by atoms with E-state index in [1.54, 1.807) is 12.1 Å². The maximum atomic E-state index is 13.7. The first-order valence-electron chi connectivity index (χ1n) is 13.4. The van der Waals surface area contributed by atoms with Gasteiger partial charge in [-0.1, -0.05) is 57.9 Å². The van der Waals surface area contributed by atoms with E-state index in [9.17, 15) is 9.59 Å². The number of carbonyl (C=O) groups excluding carboxylic acids is 2. The SMILES string of the molecule is CCCCCc1ccc(C(=O)N(Cc2ccc(C(N)=O)cc2)C2CCN(CCC(C)C)CC2)cc1. The van der Waals surface area contributed by atoms with Gasteiger partial charge in [0, 0.05) is 36.8 Å². The Morgan fingerprint density at radius 1 is 0.943 bits per heavy atom. The molecule has 0 unspecified atom stereocenters. The molecule has 0 spiro atoms. The monoisotopic (exact) mass is 477 g/mol. The molecule has 0 bridgehead atoms. The summed E-state index contributed by atoms with van der Waals surface area (Å²) in [7, 11) is 0. The molecule has 0 aromatic heterocycles. The molecule has 3 rings (SSSR count). The summed E-state index contributed by atoms with van der Waals surface area (Å²) in [6.45, 7) is 10.5. The number of rotatable bonds is 12. The van der Waals surface area contributed by atoms with E-state index in [-0.39, 0.29) is 11.9 Å². The lowest BCUT2D eigenvalue weighted by molar-refractivity contribution is 0.0546. The summed E-state index contributed by atoms with van der Waals surface area (Å²) < 4.78 is 0. The second-order valence-electron chi connectivity index (χ2n) is 10.4. The third-order valence-corrected chi connectivity index (χ3v) is 7.14. The minimum absolute atomic E-state index is 0.0877. The van der Waals surface area contributed by atoms with Crippen LogP contribution < -0.4 is 5.73 Å². The first kappa shape index (κ1) is 26.9. The van der Waals surface area contributed by atoms with Crippen LogP contribution in [0.2, 0.25) is 0 Å². The van der Waals surface area contributed by atoms with Crippen molar-refractivity contribution in [3.63, 3.8) is 0 Å². The first-order valence-corrected chi connectivity index (χ1v) is 13.4. The van der Waals surface area contributed by atoms with Gasteiger partial charge in [-0.15, -0.1) is 0 Å². The Morgan fingerprint density at radius 2 is 1.54 bits per heavy atom. The van der Waals surface area contributed by atoms with E-state index in [1.807, 2.05) is 29.2 Å². The Bertz CT molecular complexity index is 929. The molecule has 0 aliphatic carbocycles. The summed E-state index contributed by atoms with van der Waals surface area (Å²) in [4.78, 5) is 29.8. The predicted molar refractivity (Wildman–Crippen MR) is 143 cm³/mol. The number of primary amides is 1. The average molecular weight is 478 g/mol. The molecule has 2 aromatic rings. The largest absolute Gasteiger partial charge is 0.366 e. The lowest BCUT2D eigenvalue weighted by Gasteiger charge is -2.39. The second kappa shape index (κ2) is 13.4. The van der Waals surface area contributed by atoms with Crippen LogP contribution in [-0.2, 0) is 13.0 Å². The molecule has 0 radical (unpaired) electrons. The summed E-state index contributed by atoms with van der Waals surface area (Å²) in [5.41, 5.74) is 8.95. The van der Waals surface area contributed by atoms with Gasteiger partial charge in [0.2, 0.25) is 5.91 Å². The molecule has 1 fully saturated rings. The van der Waals surface area contributed by atoms with Gasteiger partial charge in [0.25, 0.3) is 5.91 Å². The maximum Gasteiger partial charge on any atom is 0.254 e. The van der Waals surface area contributed by atoms with Crippen LogP contribution in [0.3, 0.4) is 0 Å². The number of hydrogen-bond acceptors (Lipinski definition) is 3. The van der Waals surface area contributed by atoms with E-state index < -0.39 is 5.91 Å². The summed E-state index contributed by atoms with van der Waals surface area (Å²) in [5.74, 6) is 0.362. The summed E-state index contributed by atoms with van der Waals surface area (Å²) in [6, 6.07) is 15.7. The third-order valence-electron chi connectivity index (χ3n) is 7.14. The number of hydrogen-bond donors (Lipinski definition) is 1. The molecule has 1 heterocycles. The molecule has 190 valence electrons. The van der Waals surface area contributed by atoms with Gasteiger partial charge in [-0.05, 0) is 80.0 Å². The molecular weight excluding hydrogens is 434 g/mol. The fourth-order valence-electron chi connectivity index (χ4n) is 4.79. The van der Waals surface area contributed by atoms with Crippen LogP contribution in [0.4, 0.5) is 0 Å². The highest BCUT2D eigenvalue weighted by Gasteiger charge is 2.29. The molecule has 2 amide bonds. The molecule has 0 atom stereocenters. The number of unbranched alkanes of at least 4 members (excludes halogenated alkanes) is 2. The average Bonchev–Trinajstić information content (AvgIpc) is 2.87. The van der Waals surface area contributed by atoms with Crippen molar-refractivity contribution in [2.45, 2.75) is 78.3 Å². The highest BCUT2D eigenvalue weighted by Crippen LogP contribution is 2.23. The van der Waals surface area contributed by atoms with Crippen LogP contribution >= 0.6 is 0 Å². The van der Waals surface area contributed by atoms with Crippen LogP contribution in [-0.4, -0.2) is 47.3 Å². The number of nitrogens with two attached hydrogens (primary N) is 1. The van der Waals surface area contributed by atoms with E-state index >= 15 is 0 Å². The fraction of sp³-hybridized carbons (Fsp3) is 0.533. The normalized spacial score (nSPS) is 14.9. The van der Waals surface area contributed by atoms with Gasteiger partial charge in [0.15, 0.2) is 0 Å². The van der Waals surface area contributed by atoms with Gasteiger partial charge >= 0.3 is 0 Å². The van der Waals surface area contributed by atoms with Crippen molar-refractivity contribution in [2.75, 3.05) is 19.6 Å². The Morgan fingerprint density at radius 3 is 2.11 bits per heavy atom. The van der Waals surface area contributed by atoms with Crippen LogP contribution in [0.1, 0.15) is 91.1 Å². The van der Waals surface area contributed by atoms with Gasteiger partial charge in [0.05, 0.1) is 0 Å². The van der Waals surface area contributed by atoms with Crippen LogP contribution in [0.25, 0.3) is 0 Å². The number of carbonyl (C=O) groups is 2. The van der Waals surface area contributed by atoms with Gasteiger partial charge in [-0.3, -0.25) is 9.59 Å². The quantitative estimate of drug-likeness (QED) is 0.401. The Hall–Kier alpha value is -2.66. The number of amides is 2. The van der Waals surface area contributed by atoms with E-state index in [4.69, 9.17) is 5.73 Å². The topological polar surface area (TPSA) is 66.6 Å². The van der Waals surface area contributed by atoms with Crippen molar-refractivity contribution in [3.8, 4) is 0 Å². The third kappa shape index (κ3) is 8.21. The minimum atomic E-state index is -0.433. The van der Waals surface area contributed by atoms with E-state index in [1.165, 1.54) is 31.2 Å². The molecule has 2 N–H and O–H groups in total. The van der Waals surface area contributed by atoms with Gasteiger partial charge < -0.3 is 15.5 Å². The van der Waals surface area contributed by atoms with Crippen LogP contribution in [0.15, 0.2) is 48.5 Å². The molecule has 5 heteroatoms. The molecule has 1 saturated heterocycles. The summed E-state index contributed by atoms with van der Waals surface area (Å²) >= 11 is 0. The summed E-state index contributed by atoms with van der Waals surface area (Å²) in [6.07, 6.45) is 7.88. The Labute approximate surface area is 211 Å². The number of likely N-dealkylation sites (tertiary alicyclic amines) is 1. The Balaban J connectivity index is 1.73. The van der Waals surface area contributed by atoms with E-state index in [2.05, 4.69) is 37.8 Å². The smallest absolute Gasteiger partial charge is 0.254 e. The molecular formula is C30H43N3O2. The molecule has 1 aliphatic heterocycles. The predicted octanol–water partition coefficient (Wildman–Crippen LogP) is 5.67. The molecule has 2 aromatic carbocycles. The van der Waals surface area contributed by atoms with Crippen molar-refractivity contribution in [3.05, 3.63) is 70.8 Å². The minimum Gasteiger partial charge on any atom is -0.366 e. The summed E-state index contributed by atoms with van der Waals surface area (Å²) in [5, 5.41) is 0. The van der Waals surface area contributed by atoms with Gasteiger partial charge in [-0.25, -0.2) is 0 Å². The second-order valence-corrected chi connectivity index (χ2v) is 10.4. The Kier molecular flexibility index (Phi) is 10.3. The van der Waals surface area contributed by atoms with Crippen molar-refractivity contribution in [1.29, 1.82) is 0 Å². The zero-order chi connectivity index (χ0) is 25.2. The lowest BCUT2D eigenvalue weighted by atomic mass is 9.99.